The molecule has 0 fully saturated rings. The molecule has 0 aliphatic carbocycles. The summed E-state index contributed by atoms with van der Waals surface area (Å²) in [5.41, 5.74) is 1.62. The van der Waals surface area contributed by atoms with E-state index in [0.717, 1.165) is 18.7 Å². The maximum atomic E-state index is 11.6. The van der Waals surface area contributed by atoms with E-state index in [4.69, 9.17) is 0 Å². The maximum absolute atomic E-state index is 11.6. The van der Waals surface area contributed by atoms with Gasteiger partial charge in [0.15, 0.2) is 5.78 Å². The highest BCUT2D eigenvalue weighted by molar-refractivity contribution is 5.94. The minimum atomic E-state index is 0.0566. The summed E-state index contributed by atoms with van der Waals surface area (Å²) < 4.78 is 0. The molecule has 4 nitrogen and oxygen atoms in total. The number of Topliss-reactive ketones (excluding diaryl/α,β-unsaturated/α-hetero) is 1. The van der Waals surface area contributed by atoms with Crippen molar-refractivity contribution in [3.63, 3.8) is 0 Å². The molecule has 0 aliphatic rings. The van der Waals surface area contributed by atoms with Crippen molar-refractivity contribution < 1.29 is 9.59 Å². The van der Waals surface area contributed by atoms with Crippen LogP contribution in [0.15, 0.2) is 24.3 Å². The van der Waals surface area contributed by atoms with Crippen LogP contribution in [0, 0.1) is 5.92 Å². The Morgan fingerprint density at radius 3 is 2.30 bits per heavy atom. The normalized spacial score (nSPS) is 10.4. The van der Waals surface area contributed by atoms with E-state index in [1.54, 1.807) is 19.1 Å². The van der Waals surface area contributed by atoms with Crippen molar-refractivity contribution in [1.29, 1.82) is 0 Å². The zero-order valence-electron chi connectivity index (χ0n) is 12.5. The molecule has 0 saturated heterocycles. The zero-order valence-corrected chi connectivity index (χ0v) is 12.5. The topological polar surface area (TPSA) is 58.2 Å². The molecule has 0 radical (unpaired) electrons. The van der Waals surface area contributed by atoms with E-state index in [0.29, 0.717) is 24.4 Å². The summed E-state index contributed by atoms with van der Waals surface area (Å²) in [5, 5.41) is 6.07. The molecule has 1 aromatic carbocycles. The van der Waals surface area contributed by atoms with Gasteiger partial charge in [0, 0.05) is 30.8 Å². The van der Waals surface area contributed by atoms with Gasteiger partial charge in [0.05, 0.1) is 0 Å². The molecule has 4 heteroatoms. The first-order valence-corrected chi connectivity index (χ1v) is 7.10. The van der Waals surface area contributed by atoms with Crippen molar-refractivity contribution in [3.8, 4) is 0 Å². The molecule has 110 valence electrons. The lowest BCUT2D eigenvalue weighted by Gasteiger charge is -2.09. The molecule has 0 atom stereocenters. The van der Waals surface area contributed by atoms with Crippen LogP contribution in [0.3, 0.4) is 0 Å². The Balaban J connectivity index is 2.23. The van der Waals surface area contributed by atoms with Gasteiger partial charge in [0.25, 0.3) is 0 Å². The second kappa shape index (κ2) is 8.35. The van der Waals surface area contributed by atoms with Crippen molar-refractivity contribution in [2.24, 2.45) is 5.92 Å². The summed E-state index contributed by atoms with van der Waals surface area (Å²) in [4.78, 5) is 22.7. The van der Waals surface area contributed by atoms with Gasteiger partial charge in [-0.2, -0.15) is 0 Å². The highest BCUT2D eigenvalue weighted by Gasteiger charge is 2.02. The Labute approximate surface area is 121 Å². The van der Waals surface area contributed by atoms with E-state index in [1.165, 1.54) is 0 Å². The highest BCUT2D eigenvalue weighted by atomic mass is 16.1. The number of benzene rings is 1. The van der Waals surface area contributed by atoms with Crippen molar-refractivity contribution in [2.75, 3.05) is 18.4 Å². The summed E-state index contributed by atoms with van der Waals surface area (Å²) in [7, 11) is 0. The summed E-state index contributed by atoms with van der Waals surface area (Å²) in [5.74, 6) is 0.729. The molecule has 1 aromatic rings. The summed E-state index contributed by atoms with van der Waals surface area (Å²) in [6, 6.07) is 7.28. The van der Waals surface area contributed by atoms with Crippen LogP contribution >= 0.6 is 0 Å². The average molecular weight is 276 g/mol. The SMILES string of the molecule is CC(=O)c1ccc(NCCC(=O)NCCC(C)C)cc1. The van der Waals surface area contributed by atoms with Crippen LogP contribution in [-0.4, -0.2) is 24.8 Å². The predicted molar refractivity (Wildman–Crippen MR) is 82.0 cm³/mol. The first-order valence-electron chi connectivity index (χ1n) is 7.10. The van der Waals surface area contributed by atoms with E-state index < -0.39 is 0 Å². The van der Waals surface area contributed by atoms with Crippen LogP contribution < -0.4 is 10.6 Å². The fourth-order valence-corrected chi connectivity index (χ4v) is 1.73. The molecular formula is C16H24N2O2. The molecule has 0 bridgehead atoms. The van der Waals surface area contributed by atoms with E-state index in [-0.39, 0.29) is 11.7 Å². The standard InChI is InChI=1S/C16H24N2O2/c1-12(2)8-10-18-16(20)9-11-17-15-6-4-14(5-7-15)13(3)19/h4-7,12,17H,8-11H2,1-3H3,(H,18,20). The summed E-state index contributed by atoms with van der Waals surface area (Å²) in [6.45, 7) is 7.15. The third-order valence-electron chi connectivity index (χ3n) is 3.02. The van der Waals surface area contributed by atoms with Crippen LogP contribution in [0.5, 0.6) is 0 Å². The van der Waals surface area contributed by atoms with Gasteiger partial charge in [-0.05, 0) is 43.5 Å². The molecule has 0 spiro atoms. The number of carbonyl (C=O) groups is 2. The molecule has 1 amide bonds. The van der Waals surface area contributed by atoms with E-state index in [2.05, 4.69) is 24.5 Å². The van der Waals surface area contributed by atoms with Gasteiger partial charge in [-0.1, -0.05) is 13.8 Å². The largest absolute Gasteiger partial charge is 0.385 e. The Hall–Kier alpha value is -1.84. The average Bonchev–Trinajstić information content (AvgIpc) is 2.39. The van der Waals surface area contributed by atoms with Crippen LogP contribution in [0.25, 0.3) is 0 Å². The number of anilines is 1. The van der Waals surface area contributed by atoms with Gasteiger partial charge in [-0.25, -0.2) is 0 Å². The lowest BCUT2D eigenvalue weighted by Crippen LogP contribution is -2.27. The van der Waals surface area contributed by atoms with Gasteiger partial charge < -0.3 is 10.6 Å². The van der Waals surface area contributed by atoms with Gasteiger partial charge in [0.1, 0.15) is 0 Å². The maximum Gasteiger partial charge on any atom is 0.221 e. The number of amides is 1. The fraction of sp³-hybridized carbons (Fsp3) is 0.500. The summed E-state index contributed by atoms with van der Waals surface area (Å²) >= 11 is 0. The fourth-order valence-electron chi connectivity index (χ4n) is 1.73. The van der Waals surface area contributed by atoms with Crippen LogP contribution in [-0.2, 0) is 4.79 Å². The molecule has 1 rings (SSSR count). The Morgan fingerprint density at radius 1 is 1.10 bits per heavy atom. The molecule has 2 N–H and O–H groups in total. The number of nitrogens with one attached hydrogen (secondary N) is 2. The summed E-state index contributed by atoms with van der Waals surface area (Å²) in [6.07, 6.45) is 1.46. The zero-order chi connectivity index (χ0) is 15.0. The molecule has 0 unspecified atom stereocenters. The number of hydrogen-bond acceptors (Lipinski definition) is 3. The lowest BCUT2D eigenvalue weighted by atomic mass is 10.1. The quantitative estimate of drug-likeness (QED) is 0.718. The Kier molecular flexibility index (Phi) is 6.77. The Morgan fingerprint density at radius 2 is 1.75 bits per heavy atom. The molecule has 20 heavy (non-hydrogen) atoms. The number of hydrogen-bond donors (Lipinski definition) is 2. The van der Waals surface area contributed by atoms with Crippen molar-refractivity contribution in [3.05, 3.63) is 29.8 Å². The molecule has 0 saturated carbocycles. The van der Waals surface area contributed by atoms with E-state index in [1.807, 2.05) is 12.1 Å². The second-order valence-corrected chi connectivity index (χ2v) is 5.34. The predicted octanol–water partition coefficient (Wildman–Crippen LogP) is 2.85. The number of carbonyl (C=O) groups excluding carboxylic acids is 2. The Bertz CT molecular complexity index is 438. The number of ketones is 1. The first-order chi connectivity index (χ1) is 9.49. The van der Waals surface area contributed by atoms with Gasteiger partial charge in [-0.15, -0.1) is 0 Å². The van der Waals surface area contributed by atoms with Crippen molar-refractivity contribution in [2.45, 2.75) is 33.6 Å². The second-order valence-electron chi connectivity index (χ2n) is 5.34. The molecular weight excluding hydrogens is 252 g/mol. The van der Waals surface area contributed by atoms with Crippen molar-refractivity contribution in [1.82, 2.24) is 5.32 Å². The van der Waals surface area contributed by atoms with Crippen LogP contribution in [0.1, 0.15) is 44.0 Å². The van der Waals surface area contributed by atoms with Gasteiger partial charge in [0.2, 0.25) is 5.91 Å². The smallest absolute Gasteiger partial charge is 0.221 e. The third kappa shape index (κ3) is 6.36. The van der Waals surface area contributed by atoms with E-state index in [9.17, 15) is 9.59 Å². The van der Waals surface area contributed by atoms with Crippen molar-refractivity contribution >= 4 is 17.4 Å². The van der Waals surface area contributed by atoms with Crippen LogP contribution in [0.2, 0.25) is 0 Å². The highest BCUT2D eigenvalue weighted by Crippen LogP contribution is 2.09. The number of rotatable bonds is 8. The lowest BCUT2D eigenvalue weighted by molar-refractivity contribution is -0.120. The molecule has 0 aromatic heterocycles. The minimum absolute atomic E-state index is 0.0566. The first kappa shape index (κ1) is 16.2. The molecule has 0 heterocycles. The third-order valence-corrected chi connectivity index (χ3v) is 3.02. The van der Waals surface area contributed by atoms with Gasteiger partial charge in [-0.3, -0.25) is 9.59 Å². The molecule has 0 aliphatic heterocycles. The monoisotopic (exact) mass is 276 g/mol. The minimum Gasteiger partial charge on any atom is -0.385 e. The van der Waals surface area contributed by atoms with Crippen LogP contribution in [0.4, 0.5) is 5.69 Å². The van der Waals surface area contributed by atoms with E-state index >= 15 is 0 Å². The van der Waals surface area contributed by atoms with Gasteiger partial charge >= 0.3 is 0 Å².